The third-order valence-electron chi connectivity index (χ3n) is 6.65. The first kappa shape index (κ1) is 21.5. The summed E-state index contributed by atoms with van der Waals surface area (Å²) in [6, 6.07) is 11.4. The van der Waals surface area contributed by atoms with Crippen LogP contribution in [0.3, 0.4) is 0 Å². The molecule has 2 aliphatic rings. The van der Waals surface area contributed by atoms with Crippen LogP contribution in [-0.4, -0.2) is 41.3 Å². The lowest BCUT2D eigenvalue weighted by atomic mass is 9.88. The zero-order chi connectivity index (χ0) is 21.5. The van der Waals surface area contributed by atoms with Crippen molar-refractivity contribution in [3.05, 3.63) is 59.9 Å². The summed E-state index contributed by atoms with van der Waals surface area (Å²) < 4.78 is 5.96. The first-order chi connectivity index (χ1) is 15.2. The van der Waals surface area contributed by atoms with Crippen LogP contribution >= 0.6 is 0 Å². The van der Waals surface area contributed by atoms with E-state index in [4.69, 9.17) is 4.74 Å². The van der Waals surface area contributed by atoms with Crippen LogP contribution in [0, 0.1) is 11.8 Å². The second kappa shape index (κ2) is 10.6. The van der Waals surface area contributed by atoms with E-state index in [0.29, 0.717) is 25.4 Å². The van der Waals surface area contributed by atoms with E-state index in [9.17, 15) is 9.59 Å². The number of amides is 1. The van der Waals surface area contributed by atoms with Gasteiger partial charge in [-0.1, -0.05) is 25.3 Å². The van der Waals surface area contributed by atoms with E-state index in [1.54, 1.807) is 12.4 Å². The molecule has 2 fully saturated rings. The van der Waals surface area contributed by atoms with Crippen LogP contribution in [0.4, 0.5) is 0 Å². The van der Waals surface area contributed by atoms with Gasteiger partial charge in [0.2, 0.25) is 5.91 Å². The Morgan fingerprint density at radius 1 is 0.968 bits per heavy atom. The number of Topliss-reactive ketones (excluding diaryl/α,β-unsaturated/α-hetero) is 1. The van der Waals surface area contributed by atoms with Crippen molar-refractivity contribution in [2.75, 3.05) is 19.7 Å². The van der Waals surface area contributed by atoms with Crippen LogP contribution in [-0.2, 0) is 11.2 Å². The van der Waals surface area contributed by atoms with Gasteiger partial charge in [0, 0.05) is 37.0 Å². The first-order valence-corrected chi connectivity index (χ1v) is 11.6. The molecule has 1 saturated heterocycles. The number of rotatable bonds is 7. The molecule has 2 heterocycles. The Labute approximate surface area is 184 Å². The molecule has 1 aromatic carbocycles. The maximum Gasteiger partial charge on any atom is 0.227 e. The van der Waals surface area contributed by atoms with Crippen molar-refractivity contribution in [3.63, 3.8) is 0 Å². The number of ketones is 1. The number of nitrogens with zero attached hydrogens (tertiary/aromatic N) is 2. The maximum atomic E-state index is 12.9. The van der Waals surface area contributed by atoms with Gasteiger partial charge in [0.1, 0.15) is 5.75 Å². The Kier molecular flexibility index (Phi) is 7.34. The van der Waals surface area contributed by atoms with E-state index in [-0.39, 0.29) is 17.6 Å². The predicted octanol–water partition coefficient (Wildman–Crippen LogP) is 4.70. The number of carbonyl (C=O) groups is 2. The van der Waals surface area contributed by atoms with E-state index in [1.807, 2.05) is 41.3 Å². The zero-order valence-electron chi connectivity index (χ0n) is 18.2. The van der Waals surface area contributed by atoms with E-state index in [0.717, 1.165) is 36.3 Å². The van der Waals surface area contributed by atoms with E-state index in [2.05, 4.69) is 4.98 Å². The average molecular weight is 421 g/mol. The van der Waals surface area contributed by atoms with Gasteiger partial charge in [-0.3, -0.25) is 14.6 Å². The number of pyridine rings is 1. The average Bonchev–Trinajstić information content (AvgIpc) is 2.84. The van der Waals surface area contributed by atoms with Gasteiger partial charge in [-0.25, -0.2) is 0 Å². The van der Waals surface area contributed by atoms with Gasteiger partial charge in [-0.2, -0.15) is 0 Å². The Balaban J connectivity index is 1.24. The molecule has 1 aliphatic carbocycles. The van der Waals surface area contributed by atoms with Gasteiger partial charge >= 0.3 is 0 Å². The van der Waals surface area contributed by atoms with Gasteiger partial charge < -0.3 is 9.64 Å². The van der Waals surface area contributed by atoms with Crippen LogP contribution in [0.5, 0.6) is 5.75 Å². The number of carbonyl (C=O) groups excluding carboxylic acids is 2. The highest BCUT2D eigenvalue weighted by atomic mass is 16.5. The molecule has 1 aliphatic heterocycles. The van der Waals surface area contributed by atoms with Crippen molar-refractivity contribution in [1.29, 1.82) is 0 Å². The number of hydrogen-bond acceptors (Lipinski definition) is 4. The van der Waals surface area contributed by atoms with Crippen LogP contribution in [0.1, 0.15) is 60.9 Å². The van der Waals surface area contributed by atoms with Crippen LogP contribution in [0.25, 0.3) is 0 Å². The van der Waals surface area contributed by atoms with E-state index < -0.39 is 0 Å². The molecule has 0 bridgehead atoms. The van der Waals surface area contributed by atoms with Crippen LogP contribution in [0.2, 0.25) is 0 Å². The van der Waals surface area contributed by atoms with Gasteiger partial charge in [0.05, 0.1) is 13.0 Å². The quantitative estimate of drug-likeness (QED) is 0.609. The Morgan fingerprint density at radius 3 is 2.39 bits per heavy atom. The Bertz CT molecular complexity index is 852. The lowest BCUT2D eigenvalue weighted by molar-refractivity contribution is -0.131. The van der Waals surface area contributed by atoms with Crippen molar-refractivity contribution in [2.45, 2.75) is 51.4 Å². The lowest BCUT2D eigenvalue weighted by Crippen LogP contribution is -2.41. The lowest BCUT2D eigenvalue weighted by Gasteiger charge is -2.31. The number of aromatic nitrogens is 1. The van der Waals surface area contributed by atoms with Gasteiger partial charge in [-0.05, 0) is 67.5 Å². The van der Waals surface area contributed by atoms with Gasteiger partial charge in [-0.15, -0.1) is 0 Å². The highest BCUT2D eigenvalue weighted by molar-refractivity contribution is 5.98. The minimum Gasteiger partial charge on any atom is -0.493 e. The zero-order valence-corrected chi connectivity index (χ0v) is 18.2. The summed E-state index contributed by atoms with van der Waals surface area (Å²) in [6.45, 7) is 2.05. The molecule has 2 aromatic rings. The summed E-state index contributed by atoms with van der Waals surface area (Å²) in [5, 5.41) is 0. The normalized spacial score (nSPS) is 18.0. The minimum atomic E-state index is -0.0172. The summed E-state index contributed by atoms with van der Waals surface area (Å²) in [4.78, 5) is 31.4. The molecular weight excluding hydrogens is 388 g/mol. The molecule has 5 nitrogen and oxygen atoms in total. The molecule has 1 aromatic heterocycles. The molecule has 164 valence electrons. The molecule has 0 N–H and O–H groups in total. The summed E-state index contributed by atoms with van der Waals surface area (Å²) in [5.74, 6) is 1.78. The van der Waals surface area contributed by atoms with Crippen molar-refractivity contribution >= 4 is 11.7 Å². The van der Waals surface area contributed by atoms with Gasteiger partial charge in [0.15, 0.2) is 5.78 Å². The predicted molar refractivity (Wildman–Crippen MR) is 120 cm³/mol. The van der Waals surface area contributed by atoms with Crippen LogP contribution < -0.4 is 4.74 Å². The molecule has 5 heteroatoms. The number of benzene rings is 1. The third-order valence-corrected chi connectivity index (χ3v) is 6.65. The topological polar surface area (TPSA) is 59.5 Å². The first-order valence-electron chi connectivity index (χ1n) is 11.6. The number of ether oxygens (including phenoxy) is 1. The fraction of sp³-hybridized carbons (Fsp3) is 0.500. The molecule has 1 amide bonds. The monoisotopic (exact) mass is 420 g/mol. The number of hydrogen-bond donors (Lipinski definition) is 0. The van der Waals surface area contributed by atoms with Crippen molar-refractivity contribution < 1.29 is 14.3 Å². The molecular formula is C26H32N2O3. The summed E-state index contributed by atoms with van der Waals surface area (Å²) in [6.07, 6.45) is 11.8. The van der Waals surface area contributed by atoms with Gasteiger partial charge in [0.25, 0.3) is 0 Å². The number of likely N-dealkylation sites (tertiary alicyclic amines) is 1. The van der Waals surface area contributed by atoms with E-state index >= 15 is 0 Å². The van der Waals surface area contributed by atoms with E-state index in [1.165, 1.54) is 32.1 Å². The third kappa shape index (κ3) is 5.93. The fourth-order valence-electron chi connectivity index (χ4n) is 4.70. The summed E-state index contributed by atoms with van der Waals surface area (Å²) >= 11 is 0. The molecule has 0 atom stereocenters. The molecule has 4 rings (SSSR count). The Morgan fingerprint density at radius 2 is 1.71 bits per heavy atom. The summed E-state index contributed by atoms with van der Waals surface area (Å²) in [5.41, 5.74) is 1.67. The fourth-order valence-corrected chi connectivity index (χ4v) is 4.70. The minimum absolute atomic E-state index is 0.0172. The highest BCUT2D eigenvalue weighted by Gasteiger charge is 2.28. The van der Waals surface area contributed by atoms with Crippen LogP contribution in [0.15, 0.2) is 48.8 Å². The van der Waals surface area contributed by atoms with Crippen molar-refractivity contribution in [1.82, 2.24) is 9.88 Å². The van der Waals surface area contributed by atoms with Crippen molar-refractivity contribution in [2.24, 2.45) is 11.8 Å². The number of piperidine rings is 1. The SMILES string of the molecule is O=C(c1ccc(OCC2CCCCC2)cc1)C1CCN(C(=O)Cc2cccnc2)CC1. The Hall–Kier alpha value is -2.69. The second-order valence-electron chi connectivity index (χ2n) is 8.90. The van der Waals surface area contributed by atoms with Crippen molar-refractivity contribution in [3.8, 4) is 5.75 Å². The molecule has 31 heavy (non-hydrogen) atoms. The molecule has 0 unspecified atom stereocenters. The molecule has 0 radical (unpaired) electrons. The largest absolute Gasteiger partial charge is 0.493 e. The maximum absolute atomic E-state index is 12.9. The molecule has 1 saturated carbocycles. The second-order valence-corrected chi connectivity index (χ2v) is 8.90. The smallest absolute Gasteiger partial charge is 0.227 e. The molecule has 0 spiro atoms. The highest BCUT2D eigenvalue weighted by Crippen LogP contribution is 2.26. The summed E-state index contributed by atoms with van der Waals surface area (Å²) in [7, 11) is 0. The standard InChI is InChI=1S/C26H32N2O3/c29-25(17-21-7-4-14-27-18-21)28-15-12-23(13-16-28)26(30)22-8-10-24(11-9-22)31-19-20-5-2-1-3-6-20/h4,7-11,14,18,20,23H,1-3,5-6,12-13,15-17,19H2.